The first-order chi connectivity index (χ1) is 11.7. The Kier molecular flexibility index (Phi) is 5.68. The predicted molar refractivity (Wildman–Crippen MR) is 90.5 cm³/mol. The molecule has 1 aliphatic heterocycles. The number of rotatable bonds is 5. The maximum atomic E-state index is 13.7. The Morgan fingerprint density at radius 2 is 2.12 bits per heavy atom. The van der Waals surface area contributed by atoms with Crippen molar-refractivity contribution in [3.63, 3.8) is 0 Å². The number of hydrogen-bond acceptors (Lipinski definition) is 3. The third-order valence-corrected chi connectivity index (χ3v) is 5.10. The van der Waals surface area contributed by atoms with E-state index in [9.17, 15) is 9.18 Å². The molecule has 5 nitrogen and oxygen atoms in total. The van der Waals surface area contributed by atoms with Gasteiger partial charge in [0.2, 0.25) is 0 Å². The number of benzene rings is 1. The number of nitrogens with zero attached hydrogens (tertiary/aromatic N) is 1. The molecule has 0 spiro atoms. The first-order valence-electron chi connectivity index (χ1n) is 8.74. The van der Waals surface area contributed by atoms with Gasteiger partial charge in [-0.15, -0.1) is 0 Å². The van der Waals surface area contributed by atoms with E-state index in [0.29, 0.717) is 19.1 Å². The minimum Gasteiger partial charge on any atom is -0.381 e. The van der Waals surface area contributed by atoms with E-state index >= 15 is 0 Å². The van der Waals surface area contributed by atoms with Crippen molar-refractivity contribution in [3.05, 3.63) is 35.1 Å². The van der Waals surface area contributed by atoms with Crippen molar-refractivity contribution in [2.75, 3.05) is 33.3 Å². The quantitative estimate of drug-likeness (QED) is 0.868. The van der Waals surface area contributed by atoms with Crippen LogP contribution in [0.3, 0.4) is 0 Å². The highest BCUT2D eigenvalue weighted by atomic mass is 19.1. The summed E-state index contributed by atoms with van der Waals surface area (Å²) in [6, 6.07) is 4.82. The lowest BCUT2D eigenvalue weighted by molar-refractivity contribution is 0.0416. The van der Waals surface area contributed by atoms with E-state index in [0.717, 1.165) is 50.0 Å². The van der Waals surface area contributed by atoms with Crippen molar-refractivity contribution < 1.29 is 13.9 Å². The van der Waals surface area contributed by atoms with Gasteiger partial charge in [0, 0.05) is 33.3 Å². The molecule has 1 aromatic rings. The van der Waals surface area contributed by atoms with Crippen LogP contribution in [0.1, 0.15) is 36.4 Å². The van der Waals surface area contributed by atoms with Crippen LogP contribution in [0.2, 0.25) is 0 Å². The largest absolute Gasteiger partial charge is 0.381 e. The molecule has 0 aromatic heterocycles. The second-order valence-corrected chi connectivity index (χ2v) is 6.58. The van der Waals surface area contributed by atoms with Crippen molar-refractivity contribution in [3.8, 4) is 0 Å². The van der Waals surface area contributed by atoms with Gasteiger partial charge in [0.25, 0.3) is 0 Å². The fourth-order valence-corrected chi connectivity index (χ4v) is 3.67. The van der Waals surface area contributed by atoms with E-state index < -0.39 is 0 Å². The van der Waals surface area contributed by atoms with E-state index in [1.165, 1.54) is 6.07 Å². The number of carbonyl (C=O) groups excluding carboxylic acids is 1. The van der Waals surface area contributed by atoms with Crippen LogP contribution in [0.15, 0.2) is 18.2 Å². The van der Waals surface area contributed by atoms with E-state index in [-0.39, 0.29) is 17.9 Å². The Morgan fingerprint density at radius 1 is 1.33 bits per heavy atom. The van der Waals surface area contributed by atoms with Gasteiger partial charge in [0.15, 0.2) is 0 Å². The predicted octanol–water partition coefficient (Wildman–Crippen LogP) is 2.22. The monoisotopic (exact) mass is 335 g/mol. The zero-order valence-electron chi connectivity index (χ0n) is 14.2. The summed E-state index contributed by atoms with van der Waals surface area (Å²) >= 11 is 0. The Balaban J connectivity index is 1.39. The lowest BCUT2D eigenvalue weighted by Gasteiger charge is -2.31. The average Bonchev–Trinajstić information content (AvgIpc) is 3.00. The molecule has 1 saturated heterocycles. The molecule has 1 atom stereocenters. The van der Waals surface area contributed by atoms with Crippen molar-refractivity contribution in [1.29, 1.82) is 0 Å². The first-order valence-corrected chi connectivity index (χ1v) is 8.74. The summed E-state index contributed by atoms with van der Waals surface area (Å²) in [5, 5.41) is 5.87. The van der Waals surface area contributed by atoms with Crippen LogP contribution in [0.5, 0.6) is 0 Å². The number of urea groups is 1. The maximum absolute atomic E-state index is 13.7. The summed E-state index contributed by atoms with van der Waals surface area (Å²) in [4.78, 5) is 14.4. The molecule has 24 heavy (non-hydrogen) atoms. The highest BCUT2D eigenvalue weighted by Crippen LogP contribution is 2.32. The molecule has 1 unspecified atom stereocenters. The number of methoxy groups -OCH3 is 1. The fraction of sp³-hybridized carbons (Fsp3) is 0.611. The lowest BCUT2D eigenvalue weighted by atomic mass is 10.1. The molecule has 1 aromatic carbocycles. The van der Waals surface area contributed by atoms with Gasteiger partial charge in [-0.25, -0.2) is 9.18 Å². The van der Waals surface area contributed by atoms with Gasteiger partial charge in [-0.2, -0.15) is 0 Å². The van der Waals surface area contributed by atoms with Crippen LogP contribution in [0.25, 0.3) is 0 Å². The minimum absolute atomic E-state index is 0.0897. The average molecular weight is 335 g/mol. The van der Waals surface area contributed by atoms with Crippen LogP contribution in [0, 0.1) is 5.82 Å². The number of piperidine rings is 1. The molecule has 1 heterocycles. The number of fused-ring (bicyclic) bond motifs is 1. The number of amides is 2. The molecule has 3 rings (SSSR count). The van der Waals surface area contributed by atoms with Crippen molar-refractivity contribution in [1.82, 2.24) is 15.5 Å². The number of likely N-dealkylation sites (tertiary alicyclic amines) is 1. The van der Waals surface area contributed by atoms with Gasteiger partial charge in [-0.1, -0.05) is 12.1 Å². The fourth-order valence-electron chi connectivity index (χ4n) is 3.67. The molecule has 0 radical (unpaired) electrons. The highest BCUT2D eigenvalue weighted by Gasteiger charge is 2.26. The topological polar surface area (TPSA) is 53.6 Å². The molecular formula is C18H26FN3O2. The van der Waals surface area contributed by atoms with E-state index in [4.69, 9.17) is 4.74 Å². The standard InChI is InChI=1S/C18H26FN3O2/c1-24-13-7-10-22(11-8-13)12-9-20-18(23)21-17-6-5-14-15(17)3-2-4-16(14)19/h2-4,13,17H,5-12H2,1H3,(H2,20,21,23). The Morgan fingerprint density at radius 3 is 2.88 bits per heavy atom. The molecule has 6 heteroatoms. The van der Waals surface area contributed by atoms with Gasteiger partial charge < -0.3 is 20.3 Å². The molecular weight excluding hydrogens is 309 g/mol. The van der Waals surface area contributed by atoms with Crippen LogP contribution < -0.4 is 10.6 Å². The first kappa shape index (κ1) is 17.2. The Hall–Kier alpha value is -1.66. The van der Waals surface area contributed by atoms with Crippen molar-refractivity contribution in [2.24, 2.45) is 0 Å². The molecule has 1 fully saturated rings. The normalized spacial score (nSPS) is 21.5. The third kappa shape index (κ3) is 4.05. The summed E-state index contributed by atoms with van der Waals surface area (Å²) in [5.74, 6) is -0.170. The second-order valence-electron chi connectivity index (χ2n) is 6.58. The zero-order valence-corrected chi connectivity index (χ0v) is 14.2. The van der Waals surface area contributed by atoms with Crippen molar-refractivity contribution in [2.45, 2.75) is 37.8 Å². The highest BCUT2D eigenvalue weighted by molar-refractivity contribution is 5.74. The Labute approximate surface area is 142 Å². The lowest BCUT2D eigenvalue weighted by Crippen LogP contribution is -2.44. The minimum atomic E-state index is -0.177. The smallest absolute Gasteiger partial charge is 0.315 e. The van der Waals surface area contributed by atoms with Crippen molar-refractivity contribution >= 4 is 6.03 Å². The molecule has 2 aliphatic rings. The molecule has 132 valence electrons. The van der Waals surface area contributed by atoms with Gasteiger partial charge in [0.1, 0.15) is 5.82 Å². The van der Waals surface area contributed by atoms with Gasteiger partial charge in [-0.3, -0.25) is 0 Å². The molecule has 2 N–H and O–H groups in total. The maximum Gasteiger partial charge on any atom is 0.315 e. The Bertz CT molecular complexity index is 573. The number of halogens is 1. The van der Waals surface area contributed by atoms with Gasteiger partial charge in [0.05, 0.1) is 12.1 Å². The van der Waals surface area contributed by atoms with Crippen LogP contribution in [0.4, 0.5) is 9.18 Å². The molecule has 0 saturated carbocycles. The zero-order chi connectivity index (χ0) is 16.9. The molecule has 2 amide bonds. The summed E-state index contributed by atoms with van der Waals surface area (Å²) in [7, 11) is 1.76. The van der Waals surface area contributed by atoms with Gasteiger partial charge >= 0.3 is 6.03 Å². The molecule has 1 aliphatic carbocycles. The van der Waals surface area contributed by atoms with Crippen LogP contribution in [-0.4, -0.2) is 50.3 Å². The second kappa shape index (κ2) is 7.94. The number of hydrogen-bond donors (Lipinski definition) is 2. The van der Waals surface area contributed by atoms with E-state index in [1.807, 2.05) is 6.07 Å². The van der Waals surface area contributed by atoms with Crippen LogP contribution >= 0.6 is 0 Å². The summed E-state index contributed by atoms with van der Waals surface area (Å²) < 4.78 is 19.1. The number of carbonyl (C=O) groups is 1. The number of ether oxygens (including phenoxy) is 1. The van der Waals surface area contributed by atoms with E-state index in [1.54, 1.807) is 13.2 Å². The van der Waals surface area contributed by atoms with Crippen LogP contribution in [-0.2, 0) is 11.2 Å². The van der Waals surface area contributed by atoms with E-state index in [2.05, 4.69) is 15.5 Å². The molecule has 0 bridgehead atoms. The summed E-state index contributed by atoms with van der Waals surface area (Å²) in [6.07, 6.45) is 3.91. The SMILES string of the molecule is COC1CCN(CCNC(=O)NC2CCc3c(F)cccc32)CC1. The summed E-state index contributed by atoms with van der Waals surface area (Å²) in [5.41, 5.74) is 1.65. The number of nitrogens with one attached hydrogen (secondary N) is 2. The third-order valence-electron chi connectivity index (χ3n) is 5.10. The van der Waals surface area contributed by atoms with Gasteiger partial charge in [-0.05, 0) is 42.9 Å². The summed E-state index contributed by atoms with van der Waals surface area (Å²) in [6.45, 7) is 3.49.